The lowest BCUT2D eigenvalue weighted by Gasteiger charge is -2.13. The molecule has 31 heavy (non-hydrogen) atoms. The Labute approximate surface area is 182 Å². The molecular weight excluding hydrogens is 418 g/mol. The van der Waals surface area contributed by atoms with Gasteiger partial charge in [-0.1, -0.05) is 6.07 Å². The average Bonchev–Trinajstić information content (AvgIpc) is 3.53. The van der Waals surface area contributed by atoms with Crippen LogP contribution in [-0.2, 0) is 17.7 Å². The van der Waals surface area contributed by atoms with Crippen molar-refractivity contribution >= 4 is 22.4 Å². The van der Waals surface area contributed by atoms with E-state index in [0.717, 1.165) is 25.1 Å². The number of hydrogen-bond donors (Lipinski definition) is 2. The Morgan fingerprint density at radius 2 is 2.19 bits per heavy atom. The largest absolute Gasteiger partial charge is 0.443 e. The van der Waals surface area contributed by atoms with Gasteiger partial charge in [0.25, 0.3) is 0 Å². The summed E-state index contributed by atoms with van der Waals surface area (Å²) < 4.78 is 15.0. The first kappa shape index (κ1) is 20.2. The molecule has 0 radical (unpaired) electrons. The van der Waals surface area contributed by atoms with Crippen LogP contribution < -0.4 is 5.69 Å². The predicted octanol–water partition coefficient (Wildman–Crippen LogP) is 2.79. The van der Waals surface area contributed by atoms with E-state index in [1.807, 2.05) is 6.07 Å². The fourth-order valence-corrected chi connectivity index (χ4v) is 4.80. The van der Waals surface area contributed by atoms with Gasteiger partial charge in [0.1, 0.15) is 18.1 Å². The van der Waals surface area contributed by atoms with Crippen LogP contribution in [0, 0.1) is 0 Å². The molecule has 2 N–H and O–H groups in total. The van der Waals surface area contributed by atoms with E-state index in [0.29, 0.717) is 11.1 Å². The first-order chi connectivity index (χ1) is 15.1. The molecule has 5 rings (SSSR count). The third-order valence-corrected chi connectivity index (χ3v) is 6.50. The first-order valence-corrected chi connectivity index (χ1v) is 11.2. The monoisotopic (exact) mass is 441 g/mol. The minimum Gasteiger partial charge on any atom is -0.443 e. The molecule has 3 atom stereocenters. The van der Waals surface area contributed by atoms with Gasteiger partial charge in [0.2, 0.25) is 5.71 Å². The summed E-state index contributed by atoms with van der Waals surface area (Å²) in [6.45, 7) is 0.557. The molecule has 5 heterocycles. The zero-order chi connectivity index (χ0) is 21.4. The van der Waals surface area contributed by atoms with E-state index in [1.165, 1.54) is 15.1 Å². The molecule has 162 valence electrons. The number of rotatable bonds is 7. The van der Waals surface area contributed by atoms with E-state index in [4.69, 9.17) is 9.15 Å². The fourth-order valence-electron chi connectivity index (χ4n) is 4.04. The van der Waals surface area contributed by atoms with Gasteiger partial charge in [-0.15, -0.1) is 11.3 Å². The number of aryl methyl sites for hydroxylation is 2. The van der Waals surface area contributed by atoms with Crippen LogP contribution in [-0.4, -0.2) is 43.1 Å². The molecule has 0 aromatic carbocycles. The second-order valence-corrected chi connectivity index (χ2v) is 8.63. The van der Waals surface area contributed by atoms with E-state index in [2.05, 4.69) is 45.4 Å². The molecule has 1 aliphatic heterocycles. The van der Waals surface area contributed by atoms with E-state index in [9.17, 15) is 15.0 Å². The molecular formula is C22H23N3O5S. The second kappa shape index (κ2) is 8.43. The Kier molecular flexibility index (Phi) is 5.49. The van der Waals surface area contributed by atoms with Crippen molar-refractivity contribution in [2.75, 3.05) is 6.61 Å². The highest BCUT2D eigenvalue weighted by Crippen LogP contribution is 2.29. The Hall–Kier alpha value is -2.72. The minimum atomic E-state index is -0.815. The van der Waals surface area contributed by atoms with Crippen molar-refractivity contribution in [2.24, 2.45) is 0 Å². The van der Waals surface area contributed by atoms with Crippen LogP contribution in [0.4, 0.5) is 0 Å². The van der Waals surface area contributed by atoms with Crippen LogP contribution in [0.25, 0.3) is 21.7 Å². The summed E-state index contributed by atoms with van der Waals surface area (Å²) in [4.78, 5) is 17.7. The number of thiophene rings is 1. The van der Waals surface area contributed by atoms with Crippen molar-refractivity contribution in [3.63, 3.8) is 0 Å². The highest BCUT2D eigenvalue weighted by Gasteiger charge is 2.35. The molecule has 1 aliphatic rings. The van der Waals surface area contributed by atoms with Gasteiger partial charge < -0.3 is 23.9 Å². The number of furan rings is 1. The Bertz CT molecular complexity index is 1230. The van der Waals surface area contributed by atoms with Gasteiger partial charge in [-0.05, 0) is 36.1 Å². The summed E-state index contributed by atoms with van der Waals surface area (Å²) in [5, 5.41) is 22.0. The maximum atomic E-state index is 12.4. The Morgan fingerprint density at radius 3 is 2.97 bits per heavy atom. The third-order valence-electron chi connectivity index (χ3n) is 5.61. The van der Waals surface area contributed by atoms with Crippen molar-refractivity contribution < 1.29 is 19.4 Å². The molecule has 0 amide bonds. The van der Waals surface area contributed by atoms with E-state index >= 15 is 0 Å². The average molecular weight is 442 g/mol. The van der Waals surface area contributed by atoms with E-state index in [1.54, 1.807) is 17.5 Å². The fraction of sp³-hybridized carbons (Fsp3) is 0.364. The van der Waals surface area contributed by atoms with Gasteiger partial charge in [0.05, 0.1) is 28.7 Å². The van der Waals surface area contributed by atoms with Gasteiger partial charge in [0, 0.05) is 31.8 Å². The molecule has 4 aromatic heterocycles. The summed E-state index contributed by atoms with van der Waals surface area (Å²) in [5.41, 5.74) is 1.00. The summed E-state index contributed by atoms with van der Waals surface area (Å²) >= 11 is 1.72. The van der Waals surface area contributed by atoms with Crippen molar-refractivity contribution in [3.05, 3.63) is 64.4 Å². The zero-order valence-electron chi connectivity index (χ0n) is 16.8. The minimum absolute atomic E-state index is 0.229. The lowest BCUT2D eigenvalue weighted by Crippen LogP contribution is -2.27. The zero-order valence-corrected chi connectivity index (χ0v) is 17.6. The lowest BCUT2D eigenvalue weighted by atomic mass is 10.2. The van der Waals surface area contributed by atoms with Gasteiger partial charge in [0.15, 0.2) is 0 Å². The standard InChI is InChI=1S/C22H23N3O5S/c26-13-18-17(27)11-20(30-18)25-12-14-10-15(29-21(14)23-22(25)28)4-1-7-24-8-2-5-16(24)19-6-3-9-31-19/h2-3,5-6,8-10,12,17-18,20,26-27H,1,4,7,11,13H2/t17-,18+,20+/m0/s1. The molecule has 1 fully saturated rings. The number of fused-ring (bicyclic) bond motifs is 1. The molecule has 0 saturated carbocycles. The van der Waals surface area contributed by atoms with Gasteiger partial charge >= 0.3 is 5.69 Å². The highest BCUT2D eigenvalue weighted by atomic mass is 32.1. The predicted molar refractivity (Wildman–Crippen MR) is 116 cm³/mol. The molecule has 0 aliphatic carbocycles. The number of aliphatic hydroxyl groups is 2. The molecule has 0 spiro atoms. The van der Waals surface area contributed by atoms with Crippen LogP contribution in [0.15, 0.2) is 57.3 Å². The summed E-state index contributed by atoms with van der Waals surface area (Å²) in [5.74, 6) is 0.769. The quantitative estimate of drug-likeness (QED) is 0.457. The number of aliphatic hydroxyl groups excluding tert-OH is 2. The van der Waals surface area contributed by atoms with Crippen molar-refractivity contribution in [1.29, 1.82) is 0 Å². The van der Waals surface area contributed by atoms with Gasteiger partial charge in [-0.3, -0.25) is 4.57 Å². The molecule has 0 unspecified atom stereocenters. The van der Waals surface area contributed by atoms with Crippen molar-refractivity contribution in [2.45, 2.75) is 44.2 Å². The number of aromatic nitrogens is 3. The summed E-state index contributed by atoms with van der Waals surface area (Å²) in [6.07, 6.45) is 3.40. The smallest absolute Gasteiger partial charge is 0.353 e. The third kappa shape index (κ3) is 3.97. The van der Waals surface area contributed by atoms with E-state index in [-0.39, 0.29) is 13.0 Å². The Morgan fingerprint density at radius 1 is 1.29 bits per heavy atom. The first-order valence-electron chi connectivity index (χ1n) is 10.3. The number of hydrogen-bond acceptors (Lipinski definition) is 7. The van der Waals surface area contributed by atoms with Crippen LogP contribution in [0.5, 0.6) is 0 Å². The van der Waals surface area contributed by atoms with Crippen molar-refractivity contribution in [1.82, 2.24) is 14.1 Å². The van der Waals surface area contributed by atoms with Crippen LogP contribution in [0.3, 0.4) is 0 Å². The topological polar surface area (TPSA) is 103 Å². The summed E-state index contributed by atoms with van der Waals surface area (Å²) in [7, 11) is 0. The molecule has 8 nitrogen and oxygen atoms in total. The summed E-state index contributed by atoms with van der Waals surface area (Å²) in [6, 6.07) is 10.2. The van der Waals surface area contributed by atoms with Crippen molar-refractivity contribution in [3.8, 4) is 10.6 Å². The van der Waals surface area contributed by atoms with Crippen LogP contribution in [0.2, 0.25) is 0 Å². The van der Waals surface area contributed by atoms with Gasteiger partial charge in [-0.2, -0.15) is 4.98 Å². The SMILES string of the molecule is O=c1nc2oc(CCCn3cccc3-c3cccs3)cc2cn1[C@H]1C[C@H](O)[C@@H](CO)O1. The van der Waals surface area contributed by atoms with Crippen LogP contribution >= 0.6 is 11.3 Å². The molecule has 9 heteroatoms. The highest BCUT2D eigenvalue weighted by molar-refractivity contribution is 7.13. The maximum Gasteiger partial charge on any atom is 0.353 e. The number of nitrogens with zero attached hydrogens (tertiary/aromatic N) is 3. The maximum absolute atomic E-state index is 12.4. The molecule has 4 aromatic rings. The van der Waals surface area contributed by atoms with Crippen LogP contribution in [0.1, 0.15) is 24.8 Å². The number of ether oxygens (including phenoxy) is 1. The van der Waals surface area contributed by atoms with Gasteiger partial charge in [-0.25, -0.2) is 4.79 Å². The normalized spacial score (nSPS) is 21.3. The molecule has 0 bridgehead atoms. The second-order valence-electron chi connectivity index (χ2n) is 7.69. The Balaban J connectivity index is 1.29. The lowest BCUT2D eigenvalue weighted by molar-refractivity contribution is -0.0457. The molecule has 1 saturated heterocycles. The van der Waals surface area contributed by atoms with E-state index < -0.39 is 24.1 Å².